The third-order valence-electron chi connectivity index (χ3n) is 6.06. The highest BCUT2D eigenvalue weighted by Crippen LogP contribution is 2.39. The lowest BCUT2D eigenvalue weighted by Crippen LogP contribution is -2.43. The largest absolute Gasteiger partial charge is 0.454 e. The maximum absolute atomic E-state index is 13.3. The van der Waals surface area contributed by atoms with Crippen molar-refractivity contribution >= 4 is 43.3 Å². The van der Waals surface area contributed by atoms with Crippen LogP contribution < -0.4 is 14.8 Å². The van der Waals surface area contributed by atoms with Crippen LogP contribution in [0.3, 0.4) is 0 Å². The summed E-state index contributed by atoms with van der Waals surface area (Å²) in [4.78, 5) is 17.9. The number of halogens is 1. The number of hydrogen-bond donors (Lipinski definition) is 1. The molecule has 0 radical (unpaired) electrons. The van der Waals surface area contributed by atoms with Gasteiger partial charge in [-0.2, -0.15) is 14.1 Å². The van der Waals surface area contributed by atoms with E-state index in [1.54, 1.807) is 19.1 Å². The first-order valence-corrected chi connectivity index (χ1v) is 13.4. The fourth-order valence-electron chi connectivity index (χ4n) is 4.37. The number of amides is 1. The van der Waals surface area contributed by atoms with E-state index in [1.165, 1.54) is 32.5 Å². The average molecular weight is 530 g/mol. The fourth-order valence-corrected chi connectivity index (χ4v) is 6.97. The molecule has 4 aromatic rings. The number of anilines is 1. The van der Waals surface area contributed by atoms with Crippen LogP contribution in [0.2, 0.25) is 0 Å². The van der Waals surface area contributed by atoms with Crippen LogP contribution in [0.15, 0.2) is 47.4 Å². The summed E-state index contributed by atoms with van der Waals surface area (Å²) < 4.78 is 54.1. The predicted molar refractivity (Wildman–Crippen MR) is 130 cm³/mol. The van der Waals surface area contributed by atoms with Gasteiger partial charge in [0.05, 0.1) is 20.8 Å². The monoisotopic (exact) mass is 529 g/mol. The van der Waals surface area contributed by atoms with Crippen LogP contribution in [0, 0.1) is 12.7 Å². The molecule has 2 aromatic heterocycles. The van der Waals surface area contributed by atoms with Crippen LogP contribution in [-0.2, 0) is 14.8 Å². The van der Waals surface area contributed by atoms with Crippen molar-refractivity contribution < 1.29 is 27.1 Å². The van der Waals surface area contributed by atoms with Crippen molar-refractivity contribution in [3.63, 3.8) is 0 Å². The number of ether oxygens (including phenoxy) is 2. The molecule has 0 spiro atoms. The van der Waals surface area contributed by atoms with Gasteiger partial charge in [-0.25, -0.2) is 17.8 Å². The molecular weight excluding hydrogens is 509 g/mol. The maximum atomic E-state index is 13.3. The maximum Gasteiger partial charge on any atom is 0.243 e. The van der Waals surface area contributed by atoms with E-state index in [0.717, 1.165) is 16.8 Å². The number of rotatable bonds is 5. The van der Waals surface area contributed by atoms with Crippen LogP contribution in [-0.4, -0.2) is 52.8 Å². The summed E-state index contributed by atoms with van der Waals surface area (Å²) in [6.45, 7) is 2.16. The molecule has 36 heavy (non-hydrogen) atoms. The molecule has 1 saturated heterocycles. The molecular formula is C23H20FN5O5S2. The molecule has 0 saturated carbocycles. The zero-order valence-corrected chi connectivity index (χ0v) is 20.6. The molecule has 0 aliphatic carbocycles. The molecule has 2 aliphatic heterocycles. The first kappa shape index (κ1) is 22.9. The first-order valence-electron chi connectivity index (χ1n) is 11.1. The second kappa shape index (κ2) is 8.54. The fraction of sp³-hybridized carbons (Fsp3) is 0.261. The SMILES string of the molecule is Cc1cc(NC(=O)C2CCCN2S(=O)(=O)c2ccc(F)cc2)n(-c2nc3cc4c(cc3s2)OCO4)n1. The van der Waals surface area contributed by atoms with E-state index in [0.29, 0.717) is 46.5 Å². The highest BCUT2D eigenvalue weighted by atomic mass is 32.2. The molecule has 13 heteroatoms. The zero-order chi connectivity index (χ0) is 25.0. The van der Waals surface area contributed by atoms with E-state index in [9.17, 15) is 17.6 Å². The topological polar surface area (TPSA) is 116 Å². The van der Waals surface area contributed by atoms with Crippen molar-refractivity contribution in [1.82, 2.24) is 19.1 Å². The van der Waals surface area contributed by atoms with Crippen molar-refractivity contribution in [2.24, 2.45) is 0 Å². The number of sulfonamides is 1. The molecule has 0 bridgehead atoms. The molecule has 2 aliphatic rings. The van der Waals surface area contributed by atoms with Gasteiger partial charge in [0.15, 0.2) is 11.5 Å². The zero-order valence-electron chi connectivity index (χ0n) is 19.0. The standard InChI is InChI=1S/C23H20FN5O5S2/c1-13-9-21(29(27-13)23-25-16-10-18-19(34-12-33-18)11-20(16)35-23)26-22(30)17-3-2-8-28(17)36(31,32)15-6-4-14(24)5-7-15/h4-7,9-11,17H,2-3,8,12H2,1H3,(H,26,30). The lowest BCUT2D eigenvalue weighted by molar-refractivity contribution is -0.119. The van der Waals surface area contributed by atoms with E-state index in [-0.39, 0.29) is 18.2 Å². The number of aryl methyl sites for hydroxylation is 1. The summed E-state index contributed by atoms with van der Waals surface area (Å²) in [7, 11) is -3.97. The molecule has 1 N–H and O–H groups in total. The number of thiazole rings is 1. The number of nitrogens with zero attached hydrogens (tertiary/aromatic N) is 4. The quantitative estimate of drug-likeness (QED) is 0.421. The number of benzene rings is 2. The van der Waals surface area contributed by atoms with Gasteiger partial charge in [0.1, 0.15) is 17.7 Å². The minimum Gasteiger partial charge on any atom is -0.454 e. The average Bonchev–Trinajstić information content (AvgIpc) is 3.63. The number of carbonyl (C=O) groups is 1. The normalized spacial score (nSPS) is 17.7. The molecule has 10 nitrogen and oxygen atoms in total. The molecule has 1 atom stereocenters. The summed E-state index contributed by atoms with van der Waals surface area (Å²) in [6, 6.07) is 9.02. The van der Waals surface area contributed by atoms with E-state index < -0.39 is 27.8 Å². The minimum atomic E-state index is -3.97. The van der Waals surface area contributed by atoms with Crippen LogP contribution in [0.1, 0.15) is 18.5 Å². The first-order chi connectivity index (χ1) is 17.3. The molecule has 2 aromatic carbocycles. The molecule has 1 fully saturated rings. The van der Waals surface area contributed by atoms with Crippen LogP contribution in [0.5, 0.6) is 11.5 Å². The Bertz CT molecular complexity index is 1560. The summed E-state index contributed by atoms with van der Waals surface area (Å²) in [5.41, 5.74) is 1.36. The van der Waals surface area contributed by atoms with Crippen molar-refractivity contribution in [2.45, 2.75) is 30.7 Å². The molecule has 4 heterocycles. The van der Waals surface area contributed by atoms with Gasteiger partial charge in [-0.15, -0.1) is 0 Å². The Morgan fingerprint density at radius 3 is 2.69 bits per heavy atom. The Morgan fingerprint density at radius 1 is 1.17 bits per heavy atom. The number of carbonyl (C=O) groups excluding carboxylic acids is 1. The smallest absolute Gasteiger partial charge is 0.243 e. The van der Waals surface area contributed by atoms with Gasteiger partial charge in [0.25, 0.3) is 0 Å². The highest BCUT2D eigenvalue weighted by molar-refractivity contribution is 7.89. The van der Waals surface area contributed by atoms with E-state index in [2.05, 4.69) is 15.4 Å². The predicted octanol–water partition coefficient (Wildman–Crippen LogP) is 3.45. The van der Waals surface area contributed by atoms with Crippen LogP contribution >= 0.6 is 11.3 Å². The molecule has 1 unspecified atom stereocenters. The van der Waals surface area contributed by atoms with Crippen molar-refractivity contribution in [1.29, 1.82) is 0 Å². The molecule has 6 rings (SSSR count). The van der Waals surface area contributed by atoms with Gasteiger partial charge < -0.3 is 14.8 Å². The Labute approximate surface area is 209 Å². The van der Waals surface area contributed by atoms with Crippen LogP contribution in [0.4, 0.5) is 10.2 Å². The second-order valence-corrected chi connectivity index (χ2v) is 11.4. The van der Waals surface area contributed by atoms with Crippen molar-refractivity contribution in [2.75, 3.05) is 18.7 Å². The second-order valence-electron chi connectivity index (χ2n) is 8.47. The van der Waals surface area contributed by atoms with E-state index in [1.807, 2.05) is 6.07 Å². The van der Waals surface area contributed by atoms with Crippen molar-refractivity contribution in [3.8, 4) is 16.6 Å². The minimum absolute atomic E-state index is 0.0566. The lowest BCUT2D eigenvalue weighted by Gasteiger charge is -2.23. The summed E-state index contributed by atoms with van der Waals surface area (Å²) in [6.07, 6.45) is 0.898. The summed E-state index contributed by atoms with van der Waals surface area (Å²) >= 11 is 1.37. The summed E-state index contributed by atoms with van der Waals surface area (Å²) in [5, 5.41) is 7.84. The highest BCUT2D eigenvalue weighted by Gasteiger charge is 2.39. The van der Waals surface area contributed by atoms with Crippen LogP contribution in [0.25, 0.3) is 15.3 Å². The van der Waals surface area contributed by atoms with Gasteiger partial charge in [0.2, 0.25) is 27.9 Å². The van der Waals surface area contributed by atoms with E-state index >= 15 is 0 Å². The van der Waals surface area contributed by atoms with E-state index in [4.69, 9.17) is 9.47 Å². The number of fused-ring (bicyclic) bond motifs is 2. The third kappa shape index (κ3) is 3.88. The van der Waals surface area contributed by atoms with Crippen molar-refractivity contribution in [3.05, 3.63) is 54.0 Å². The van der Waals surface area contributed by atoms with Gasteiger partial charge in [0, 0.05) is 24.7 Å². The van der Waals surface area contributed by atoms with Gasteiger partial charge >= 0.3 is 0 Å². The Kier molecular flexibility index (Phi) is 5.43. The third-order valence-corrected chi connectivity index (χ3v) is 8.98. The number of nitrogens with one attached hydrogen (secondary N) is 1. The molecule has 186 valence electrons. The van der Waals surface area contributed by atoms with Gasteiger partial charge in [-0.05, 0) is 44.0 Å². The van der Waals surface area contributed by atoms with Gasteiger partial charge in [-0.3, -0.25) is 4.79 Å². The Morgan fingerprint density at radius 2 is 1.92 bits per heavy atom. The Balaban J connectivity index is 1.28. The number of aromatic nitrogens is 3. The Hall–Kier alpha value is -3.55. The number of hydrogen-bond acceptors (Lipinski definition) is 8. The van der Waals surface area contributed by atoms with Gasteiger partial charge in [-0.1, -0.05) is 11.3 Å². The summed E-state index contributed by atoms with van der Waals surface area (Å²) in [5.74, 6) is 0.636. The molecule has 1 amide bonds. The lowest BCUT2D eigenvalue weighted by atomic mass is 10.2.